The zero-order chi connectivity index (χ0) is 14.8. The lowest BCUT2D eigenvalue weighted by Crippen LogP contribution is -2.29. The zero-order valence-corrected chi connectivity index (χ0v) is 14.5. The average Bonchev–Trinajstić information content (AvgIpc) is 3.12. The van der Waals surface area contributed by atoms with Crippen molar-refractivity contribution in [3.05, 3.63) is 10.6 Å². The molecule has 1 aliphatic heterocycles. The van der Waals surface area contributed by atoms with Gasteiger partial charge in [-0.15, -0.1) is 23.7 Å². The summed E-state index contributed by atoms with van der Waals surface area (Å²) in [7, 11) is 0. The van der Waals surface area contributed by atoms with Crippen LogP contribution in [0.25, 0.3) is 0 Å². The molecule has 3 N–H and O–H groups in total. The van der Waals surface area contributed by atoms with E-state index in [1.807, 2.05) is 0 Å². The lowest BCUT2D eigenvalue weighted by Gasteiger charge is -2.18. The van der Waals surface area contributed by atoms with Gasteiger partial charge in [0.2, 0.25) is 0 Å². The second-order valence-electron chi connectivity index (χ2n) is 5.95. The van der Waals surface area contributed by atoms with Gasteiger partial charge in [0, 0.05) is 11.4 Å². The minimum atomic E-state index is -0.372. The smallest absolute Gasteiger partial charge is 0.255 e. The Balaban J connectivity index is 0.00000176. The fourth-order valence-corrected chi connectivity index (χ4v) is 4.23. The van der Waals surface area contributed by atoms with Gasteiger partial charge in [-0.2, -0.15) is 0 Å². The SMILES string of the molecule is CCC1CCc2nc(NC(=O)[C@@H]3CC[C@H](CN)O3)sc2C1.Cl. The largest absolute Gasteiger partial charge is 0.364 e. The van der Waals surface area contributed by atoms with E-state index < -0.39 is 0 Å². The number of ether oxygens (including phenoxy) is 1. The third-order valence-corrected chi connectivity index (χ3v) is 5.55. The van der Waals surface area contributed by atoms with Crippen LogP contribution in [0.15, 0.2) is 0 Å². The van der Waals surface area contributed by atoms with E-state index in [0.29, 0.717) is 6.54 Å². The lowest BCUT2D eigenvalue weighted by atomic mass is 9.89. The van der Waals surface area contributed by atoms with Crippen molar-refractivity contribution in [2.45, 2.75) is 57.7 Å². The van der Waals surface area contributed by atoms with Gasteiger partial charge in [0.05, 0.1) is 11.8 Å². The number of anilines is 1. The molecule has 0 aromatic carbocycles. The molecular weight excluding hydrogens is 322 g/mol. The average molecular weight is 346 g/mol. The number of thiazole rings is 1. The van der Waals surface area contributed by atoms with Crippen LogP contribution in [0.1, 0.15) is 43.2 Å². The molecule has 124 valence electrons. The van der Waals surface area contributed by atoms with Crippen molar-refractivity contribution in [2.75, 3.05) is 11.9 Å². The molecule has 1 amide bonds. The van der Waals surface area contributed by atoms with Crippen LogP contribution in [0.5, 0.6) is 0 Å². The van der Waals surface area contributed by atoms with Crippen molar-refractivity contribution in [3.63, 3.8) is 0 Å². The third kappa shape index (κ3) is 3.79. The topological polar surface area (TPSA) is 77.2 Å². The van der Waals surface area contributed by atoms with Crippen LogP contribution in [0.2, 0.25) is 0 Å². The molecule has 1 fully saturated rings. The summed E-state index contributed by atoms with van der Waals surface area (Å²) < 4.78 is 5.62. The van der Waals surface area contributed by atoms with Crippen LogP contribution >= 0.6 is 23.7 Å². The minimum absolute atomic E-state index is 0. The number of nitrogens with one attached hydrogen (secondary N) is 1. The number of aromatic nitrogens is 1. The fraction of sp³-hybridized carbons (Fsp3) is 0.733. The first-order valence-electron chi connectivity index (χ1n) is 7.84. The molecule has 7 heteroatoms. The summed E-state index contributed by atoms with van der Waals surface area (Å²) in [5.74, 6) is 0.689. The van der Waals surface area contributed by atoms with E-state index >= 15 is 0 Å². The Labute approximate surface area is 141 Å². The van der Waals surface area contributed by atoms with Crippen molar-refractivity contribution in [1.82, 2.24) is 4.98 Å². The molecule has 1 saturated heterocycles. The van der Waals surface area contributed by atoms with Crippen LogP contribution in [0.4, 0.5) is 5.13 Å². The highest BCUT2D eigenvalue weighted by atomic mass is 35.5. The molecule has 0 saturated carbocycles. The van der Waals surface area contributed by atoms with Gasteiger partial charge in [-0.25, -0.2) is 4.98 Å². The Morgan fingerprint density at radius 2 is 2.27 bits per heavy atom. The number of amides is 1. The molecule has 2 heterocycles. The van der Waals surface area contributed by atoms with Crippen molar-refractivity contribution in [3.8, 4) is 0 Å². The fourth-order valence-electron chi connectivity index (χ4n) is 3.10. The number of nitrogens with two attached hydrogens (primary N) is 1. The van der Waals surface area contributed by atoms with Crippen LogP contribution in [-0.4, -0.2) is 29.6 Å². The van der Waals surface area contributed by atoms with Crippen LogP contribution in [-0.2, 0) is 22.4 Å². The van der Waals surface area contributed by atoms with Crippen molar-refractivity contribution in [2.24, 2.45) is 11.7 Å². The van der Waals surface area contributed by atoms with E-state index in [0.717, 1.165) is 36.7 Å². The van der Waals surface area contributed by atoms with E-state index in [1.54, 1.807) is 11.3 Å². The van der Waals surface area contributed by atoms with Gasteiger partial charge < -0.3 is 10.5 Å². The Bertz CT molecular complexity index is 523. The van der Waals surface area contributed by atoms with E-state index in [4.69, 9.17) is 10.5 Å². The van der Waals surface area contributed by atoms with E-state index in [2.05, 4.69) is 17.2 Å². The van der Waals surface area contributed by atoms with E-state index in [9.17, 15) is 4.79 Å². The maximum atomic E-state index is 12.2. The molecule has 1 aromatic heterocycles. The number of rotatable bonds is 4. The number of hydrogen-bond donors (Lipinski definition) is 2. The minimum Gasteiger partial charge on any atom is -0.364 e. The molecule has 0 radical (unpaired) electrons. The van der Waals surface area contributed by atoms with Gasteiger partial charge >= 0.3 is 0 Å². The van der Waals surface area contributed by atoms with E-state index in [1.165, 1.54) is 23.4 Å². The monoisotopic (exact) mass is 345 g/mol. The number of carbonyl (C=O) groups excluding carboxylic acids is 1. The van der Waals surface area contributed by atoms with Crippen molar-refractivity contribution < 1.29 is 9.53 Å². The predicted molar refractivity (Wildman–Crippen MR) is 90.7 cm³/mol. The maximum absolute atomic E-state index is 12.2. The highest BCUT2D eigenvalue weighted by molar-refractivity contribution is 7.15. The molecule has 22 heavy (non-hydrogen) atoms. The van der Waals surface area contributed by atoms with Gasteiger partial charge in [0.15, 0.2) is 5.13 Å². The Hall–Kier alpha value is -0.690. The summed E-state index contributed by atoms with van der Waals surface area (Å²) >= 11 is 1.62. The van der Waals surface area contributed by atoms with Crippen molar-refractivity contribution in [1.29, 1.82) is 0 Å². The molecule has 3 rings (SSSR count). The summed E-state index contributed by atoms with van der Waals surface area (Å²) in [6.45, 7) is 2.72. The van der Waals surface area contributed by atoms with Crippen molar-refractivity contribution >= 4 is 34.8 Å². The normalized spacial score (nSPS) is 27.1. The second kappa shape index (κ2) is 7.73. The van der Waals surface area contributed by atoms with Crippen LogP contribution in [0.3, 0.4) is 0 Å². The number of halogens is 1. The molecule has 2 aliphatic rings. The summed E-state index contributed by atoms with van der Waals surface area (Å²) in [4.78, 5) is 18.1. The standard InChI is InChI=1S/C15H23N3O2S.ClH/c1-2-9-3-5-11-13(7-9)21-15(17-11)18-14(19)12-6-4-10(8-16)20-12;/h9-10,12H,2-8,16H2,1H3,(H,17,18,19);1H/t9?,10-,12+;/m1./s1. The Morgan fingerprint density at radius 1 is 1.45 bits per heavy atom. The van der Waals surface area contributed by atoms with Crippen LogP contribution < -0.4 is 11.1 Å². The summed E-state index contributed by atoms with van der Waals surface area (Å²) in [6.07, 6.45) is 5.83. The quantitative estimate of drug-likeness (QED) is 0.879. The lowest BCUT2D eigenvalue weighted by molar-refractivity contribution is -0.126. The molecule has 1 aromatic rings. The summed E-state index contributed by atoms with van der Waals surface area (Å²) in [5.41, 5.74) is 6.75. The third-order valence-electron chi connectivity index (χ3n) is 4.51. The highest BCUT2D eigenvalue weighted by Crippen LogP contribution is 2.33. The number of nitrogens with zero attached hydrogens (tertiary/aromatic N) is 1. The van der Waals surface area contributed by atoms with Crippen LogP contribution in [0, 0.1) is 5.92 Å². The molecular formula is C15H24ClN3O2S. The molecule has 0 bridgehead atoms. The molecule has 5 nitrogen and oxygen atoms in total. The second-order valence-corrected chi connectivity index (χ2v) is 7.04. The van der Waals surface area contributed by atoms with Gasteiger partial charge in [-0.05, 0) is 38.0 Å². The number of aryl methyl sites for hydroxylation is 1. The molecule has 1 unspecified atom stereocenters. The first-order valence-corrected chi connectivity index (χ1v) is 8.66. The van der Waals surface area contributed by atoms with Gasteiger partial charge in [0.25, 0.3) is 5.91 Å². The highest BCUT2D eigenvalue weighted by Gasteiger charge is 2.31. The van der Waals surface area contributed by atoms with Gasteiger partial charge in [-0.1, -0.05) is 13.3 Å². The Kier molecular flexibility index (Phi) is 6.20. The maximum Gasteiger partial charge on any atom is 0.255 e. The van der Waals surface area contributed by atoms with E-state index in [-0.39, 0.29) is 30.5 Å². The predicted octanol–water partition coefficient (Wildman–Crippen LogP) is 2.52. The molecule has 1 aliphatic carbocycles. The zero-order valence-electron chi connectivity index (χ0n) is 12.8. The summed E-state index contributed by atoms with van der Waals surface area (Å²) in [5, 5.41) is 3.64. The summed E-state index contributed by atoms with van der Waals surface area (Å²) in [6, 6.07) is 0. The first-order chi connectivity index (χ1) is 10.2. The van der Waals surface area contributed by atoms with Gasteiger partial charge in [0.1, 0.15) is 6.10 Å². The van der Waals surface area contributed by atoms with Gasteiger partial charge in [-0.3, -0.25) is 10.1 Å². The number of carbonyl (C=O) groups is 1. The molecule has 3 atom stereocenters. The Morgan fingerprint density at radius 3 is 2.95 bits per heavy atom. The number of hydrogen-bond acceptors (Lipinski definition) is 5. The number of fused-ring (bicyclic) bond motifs is 1. The molecule has 0 spiro atoms. The first kappa shape index (κ1) is 17.7.